The van der Waals surface area contributed by atoms with Crippen molar-refractivity contribution in [3.05, 3.63) is 111 Å². The highest BCUT2D eigenvalue weighted by molar-refractivity contribution is 9.10. The highest BCUT2D eigenvalue weighted by Crippen LogP contribution is 2.20. The molecular weight excluding hydrogens is 478 g/mol. The number of nitrogens with zero attached hydrogens (tertiary/aromatic N) is 2. The Kier molecular flexibility index (Phi) is 6.70. The van der Waals surface area contributed by atoms with Gasteiger partial charge in [-0.25, -0.2) is 0 Å². The highest BCUT2D eigenvalue weighted by Gasteiger charge is 2.10. The fourth-order valence-corrected chi connectivity index (χ4v) is 3.62. The molecule has 31 heavy (non-hydrogen) atoms. The lowest BCUT2D eigenvalue weighted by molar-refractivity contribution is 0.102. The summed E-state index contributed by atoms with van der Waals surface area (Å²) in [6.45, 7) is 0.894. The Bertz CT molecular complexity index is 1210. The molecule has 0 aliphatic heterocycles. The van der Waals surface area contributed by atoms with Crippen molar-refractivity contribution in [2.24, 2.45) is 0 Å². The molecule has 0 saturated heterocycles. The first-order chi connectivity index (χ1) is 15.1. The second-order valence-electron chi connectivity index (χ2n) is 6.92. The maximum atomic E-state index is 12.7. The molecule has 0 bridgehead atoms. The summed E-state index contributed by atoms with van der Waals surface area (Å²) >= 11 is 9.64. The van der Waals surface area contributed by atoms with Gasteiger partial charge >= 0.3 is 0 Å². The summed E-state index contributed by atoms with van der Waals surface area (Å²) in [4.78, 5) is 12.7. The molecule has 0 aliphatic carbocycles. The van der Waals surface area contributed by atoms with Crippen LogP contribution in [-0.4, -0.2) is 15.7 Å². The number of nitrogens with one attached hydrogen (secondary N) is 1. The summed E-state index contributed by atoms with van der Waals surface area (Å²) in [5, 5.41) is 7.88. The number of amides is 1. The molecule has 1 heterocycles. The van der Waals surface area contributed by atoms with Crippen LogP contribution in [0.15, 0.2) is 89.7 Å². The van der Waals surface area contributed by atoms with Gasteiger partial charge in [-0.05, 0) is 47.5 Å². The van der Waals surface area contributed by atoms with Gasteiger partial charge in [-0.1, -0.05) is 63.9 Å². The first kappa shape index (κ1) is 21.2. The predicted molar refractivity (Wildman–Crippen MR) is 126 cm³/mol. The van der Waals surface area contributed by atoms with Gasteiger partial charge in [0.1, 0.15) is 12.4 Å². The number of rotatable bonds is 7. The predicted octanol–water partition coefficient (Wildman–Crippen LogP) is 6.18. The number of hydrogen-bond acceptors (Lipinski definition) is 3. The SMILES string of the molecule is O=C(Nc1cnn(Cc2ccccc2Cl)c1)c1cccc(COc2cccc(Br)c2)c1. The van der Waals surface area contributed by atoms with Crippen molar-refractivity contribution in [3.63, 3.8) is 0 Å². The number of halogens is 2. The summed E-state index contributed by atoms with van der Waals surface area (Å²) in [5.74, 6) is 0.553. The quantitative estimate of drug-likeness (QED) is 0.332. The first-order valence-electron chi connectivity index (χ1n) is 9.61. The topological polar surface area (TPSA) is 56.2 Å². The van der Waals surface area contributed by atoms with Gasteiger partial charge in [-0.15, -0.1) is 0 Å². The van der Waals surface area contributed by atoms with Crippen LogP contribution < -0.4 is 10.1 Å². The zero-order valence-corrected chi connectivity index (χ0v) is 18.8. The zero-order valence-electron chi connectivity index (χ0n) is 16.5. The average molecular weight is 497 g/mol. The molecule has 156 valence electrons. The van der Waals surface area contributed by atoms with Crippen LogP contribution in [-0.2, 0) is 13.2 Å². The Labute approximate surface area is 193 Å². The van der Waals surface area contributed by atoms with Gasteiger partial charge < -0.3 is 10.1 Å². The number of carbonyl (C=O) groups is 1. The van der Waals surface area contributed by atoms with Crippen molar-refractivity contribution in [2.45, 2.75) is 13.2 Å². The maximum Gasteiger partial charge on any atom is 0.255 e. The minimum absolute atomic E-state index is 0.207. The first-order valence-corrected chi connectivity index (χ1v) is 10.8. The Morgan fingerprint density at radius 1 is 1.06 bits per heavy atom. The summed E-state index contributed by atoms with van der Waals surface area (Å²) < 4.78 is 8.50. The van der Waals surface area contributed by atoms with E-state index in [-0.39, 0.29) is 5.91 Å². The molecule has 0 spiro atoms. The second-order valence-corrected chi connectivity index (χ2v) is 8.24. The van der Waals surface area contributed by atoms with E-state index in [1.54, 1.807) is 23.1 Å². The fraction of sp³-hybridized carbons (Fsp3) is 0.0833. The van der Waals surface area contributed by atoms with E-state index in [1.165, 1.54) is 0 Å². The third-order valence-corrected chi connectivity index (χ3v) is 5.43. The summed E-state index contributed by atoms with van der Waals surface area (Å²) in [6, 6.07) is 22.6. The van der Waals surface area contributed by atoms with Crippen molar-refractivity contribution in [1.29, 1.82) is 0 Å². The van der Waals surface area contributed by atoms with Crippen LogP contribution in [0.4, 0.5) is 5.69 Å². The van der Waals surface area contributed by atoms with Crippen LogP contribution in [0, 0.1) is 0 Å². The van der Waals surface area contributed by atoms with E-state index in [4.69, 9.17) is 16.3 Å². The van der Waals surface area contributed by atoms with E-state index in [1.807, 2.05) is 66.7 Å². The molecule has 0 unspecified atom stereocenters. The molecule has 4 rings (SSSR count). The number of aromatic nitrogens is 2. The molecule has 0 saturated carbocycles. The van der Waals surface area contributed by atoms with Crippen molar-refractivity contribution in [2.75, 3.05) is 5.32 Å². The lowest BCUT2D eigenvalue weighted by Crippen LogP contribution is -2.12. The normalized spacial score (nSPS) is 10.6. The van der Waals surface area contributed by atoms with Crippen LogP contribution >= 0.6 is 27.5 Å². The van der Waals surface area contributed by atoms with Crippen molar-refractivity contribution < 1.29 is 9.53 Å². The Balaban J connectivity index is 1.38. The van der Waals surface area contributed by atoms with E-state index in [0.717, 1.165) is 21.3 Å². The van der Waals surface area contributed by atoms with E-state index in [0.29, 0.717) is 29.4 Å². The molecule has 3 aromatic carbocycles. The van der Waals surface area contributed by atoms with E-state index >= 15 is 0 Å². The average Bonchev–Trinajstić information content (AvgIpc) is 3.21. The van der Waals surface area contributed by atoms with Crippen LogP contribution in [0.1, 0.15) is 21.5 Å². The monoisotopic (exact) mass is 495 g/mol. The minimum Gasteiger partial charge on any atom is -0.489 e. The maximum absolute atomic E-state index is 12.7. The van der Waals surface area contributed by atoms with E-state index in [2.05, 4.69) is 26.3 Å². The van der Waals surface area contributed by atoms with Gasteiger partial charge in [0.15, 0.2) is 0 Å². The molecule has 5 nitrogen and oxygen atoms in total. The molecule has 1 aromatic heterocycles. The third kappa shape index (κ3) is 5.75. The number of benzene rings is 3. The van der Waals surface area contributed by atoms with Crippen molar-refractivity contribution in [3.8, 4) is 5.75 Å². The van der Waals surface area contributed by atoms with Gasteiger partial charge in [0.2, 0.25) is 0 Å². The number of ether oxygens (including phenoxy) is 1. The molecule has 0 fully saturated rings. The smallest absolute Gasteiger partial charge is 0.255 e. The van der Waals surface area contributed by atoms with Gasteiger partial charge in [0, 0.05) is 21.3 Å². The highest BCUT2D eigenvalue weighted by atomic mass is 79.9. The van der Waals surface area contributed by atoms with Crippen LogP contribution in [0.3, 0.4) is 0 Å². The van der Waals surface area contributed by atoms with Crippen LogP contribution in [0.25, 0.3) is 0 Å². The molecular formula is C24H19BrClN3O2. The standard InChI is InChI=1S/C24H19BrClN3O2/c25-20-8-4-9-22(12-20)31-16-17-5-3-7-18(11-17)24(30)28-21-13-27-29(15-21)14-19-6-1-2-10-23(19)26/h1-13,15H,14,16H2,(H,28,30). The molecule has 1 N–H and O–H groups in total. The lowest BCUT2D eigenvalue weighted by atomic mass is 10.1. The Morgan fingerprint density at radius 2 is 1.90 bits per heavy atom. The molecule has 0 radical (unpaired) electrons. The van der Waals surface area contributed by atoms with Gasteiger partial charge in [-0.2, -0.15) is 5.10 Å². The molecule has 0 aliphatic rings. The second kappa shape index (κ2) is 9.81. The number of carbonyl (C=O) groups excluding carboxylic acids is 1. The number of anilines is 1. The van der Waals surface area contributed by atoms with Crippen molar-refractivity contribution >= 4 is 39.1 Å². The zero-order chi connectivity index (χ0) is 21.6. The molecule has 7 heteroatoms. The molecule has 0 atom stereocenters. The van der Waals surface area contributed by atoms with E-state index in [9.17, 15) is 4.79 Å². The minimum atomic E-state index is -0.207. The Hall–Kier alpha value is -3.09. The third-order valence-electron chi connectivity index (χ3n) is 4.57. The van der Waals surface area contributed by atoms with Crippen LogP contribution in [0.2, 0.25) is 5.02 Å². The summed E-state index contributed by atoms with van der Waals surface area (Å²) in [6.07, 6.45) is 3.40. The molecule has 1 amide bonds. The fourth-order valence-electron chi connectivity index (χ4n) is 3.04. The Morgan fingerprint density at radius 3 is 2.74 bits per heavy atom. The van der Waals surface area contributed by atoms with Gasteiger partial charge in [-0.3, -0.25) is 9.48 Å². The molecule has 4 aromatic rings. The largest absolute Gasteiger partial charge is 0.489 e. The summed E-state index contributed by atoms with van der Waals surface area (Å²) in [5.41, 5.74) is 3.03. The van der Waals surface area contributed by atoms with Crippen LogP contribution in [0.5, 0.6) is 5.75 Å². The lowest BCUT2D eigenvalue weighted by Gasteiger charge is -2.08. The van der Waals surface area contributed by atoms with Gasteiger partial charge in [0.05, 0.1) is 18.4 Å². The van der Waals surface area contributed by atoms with Gasteiger partial charge in [0.25, 0.3) is 5.91 Å². The van der Waals surface area contributed by atoms with Crippen molar-refractivity contribution in [1.82, 2.24) is 9.78 Å². The summed E-state index contributed by atoms with van der Waals surface area (Å²) in [7, 11) is 0. The van der Waals surface area contributed by atoms with E-state index < -0.39 is 0 Å². The number of hydrogen-bond donors (Lipinski definition) is 1.